The van der Waals surface area contributed by atoms with E-state index in [9.17, 15) is 5.21 Å². The fourth-order valence-corrected chi connectivity index (χ4v) is 3.38. The lowest BCUT2D eigenvalue weighted by Gasteiger charge is -2.23. The molecule has 0 aliphatic carbocycles. The van der Waals surface area contributed by atoms with E-state index in [1.807, 2.05) is 60.7 Å². The summed E-state index contributed by atoms with van der Waals surface area (Å²) in [5.41, 5.74) is 3.19. The summed E-state index contributed by atoms with van der Waals surface area (Å²) in [7, 11) is 0. The molecule has 3 rings (SSSR count). The molecule has 0 atom stereocenters. The lowest BCUT2D eigenvalue weighted by atomic mass is 9.88. The highest BCUT2D eigenvalue weighted by Crippen LogP contribution is 2.29. The third-order valence-corrected chi connectivity index (χ3v) is 5.09. The molecule has 0 saturated heterocycles. The average Bonchev–Trinajstić information content (AvgIpc) is 2.69. The summed E-state index contributed by atoms with van der Waals surface area (Å²) in [4.78, 5) is 0.489. The number of nitrogens with zero attached hydrogens (tertiary/aromatic N) is 1. The molecule has 2 nitrogen and oxygen atoms in total. The van der Waals surface area contributed by atoms with Crippen LogP contribution in [-0.4, -0.2) is 15.3 Å². The van der Waals surface area contributed by atoms with Crippen molar-refractivity contribution in [3.8, 4) is 0 Å². The van der Waals surface area contributed by atoms with Crippen molar-refractivity contribution in [2.24, 2.45) is 0 Å². The standard InChI is InChI=1S/C22H20ClNOS/c23-21-14-8-7-13-19(21)16-24(25)22(26)15-20(17-9-3-1-4-10-17)18-11-5-2-6-12-18/h1-14,20,25H,15-16H2. The molecule has 0 aliphatic rings. The molecule has 26 heavy (non-hydrogen) atoms. The van der Waals surface area contributed by atoms with E-state index in [0.29, 0.717) is 16.4 Å². The molecule has 1 N–H and O–H groups in total. The molecule has 0 spiro atoms. The van der Waals surface area contributed by atoms with Crippen LogP contribution in [0.1, 0.15) is 29.0 Å². The Morgan fingerprint density at radius 3 is 1.88 bits per heavy atom. The van der Waals surface area contributed by atoms with Gasteiger partial charge >= 0.3 is 0 Å². The number of rotatable bonds is 6. The van der Waals surface area contributed by atoms with Gasteiger partial charge in [0, 0.05) is 17.4 Å². The van der Waals surface area contributed by atoms with Crippen molar-refractivity contribution in [3.05, 3.63) is 107 Å². The van der Waals surface area contributed by atoms with Crippen molar-refractivity contribution < 1.29 is 5.21 Å². The van der Waals surface area contributed by atoms with Gasteiger partial charge in [-0.05, 0) is 22.8 Å². The van der Waals surface area contributed by atoms with Crippen molar-refractivity contribution >= 4 is 28.8 Å². The van der Waals surface area contributed by atoms with Crippen molar-refractivity contribution in [1.82, 2.24) is 5.06 Å². The fraction of sp³-hybridized carbons (Fsp3) is 0.136. The minimum absolute atomic E-state index is 0.0887. The SMILES string of the molecule is ON(Cc1ccccc1Cl)C(=S)CC(c1ccccc1)c1ccccc1. The molecule has 0 amide bonds. The van der Waals surface area contributed by atoms with Crippen LogP contribution in [0.15, 0.2) is 84.9 Å². The van der Waals surface area contributed by atoms with E-state index in [0.717, 1.165) is 10.6 Å². The maximum Gasteiger partial charge on any atom is 0.105 e. The predicted molar refractivity (Wildman–Crippen MR) is 111 cm³/mol. The fourth-order valence-electron chi connectivity index (χ4n) is 2.95. The smallest absolute Gasteiger partial charge is 0.105 e. The molecule has 0 fully saturated rings. The maximum atomic E-state index is 10.5. The second kappa shape index (κ2) is 8.95. The summed E-state index contributed by atoms with van der Waals surface area (Å²) < 4.78 is 0. The molecular weight excluding hydrogens is 362 g/mol. The number of thiocarbonyl (C=S) groups is 1. The van der Waals surface area contributed by atoms with Crippen molar-refractivity contribution in [2.45, 2.75) is 18.9 Å². The van der Waals surface area contributed by atoms with E-state index in [2.05, 4.69) is 24.3 Å². The van der Waals surface area contributed by atoms with Gasteiger partial charge in [0.1, 0.15) is 4.99 Å². The summed E-state index contributed by atoms with van der Waals surface area (Å²) in [5.74, 6) is 0.0887. The van der Waals surface area contributed by atoms with Gasteiger partial charge in [0.2, 0.25) is 0 Å². The third kappa shape index (κ3) is 4.70. The van der Waals surface area contributed by atoms with Crippen molar-refractivity contribution in [2.75, 3.05) is 0 Å². The highest BCUT2D eigenvalue weighted by molar-refractivity contribution is 7.80. The summed E-state index contributed by atoms with van der Waals surface area (Å²) in [5, 5.41) is 12.2. The molecule has 3 aromatic rings. The normalized spacial score (nSPS) is 10.7. The second-order valence-electron chi connectivity index (χ2n) is 6.12. The van der Waals surface area contributed by atoms with E-state index in [-0.39, 0.29) is 12.5 Å². The Kier molecular flexibility index (Phi) is 6.40. The first-order valence-electron chi connectivity index (χ1n) is 8.47. The number of halogens is 1. The van der Waals surface area contributed by atoms with Gasteiger partial charge in [-0.1, -0.05) is 103 Å². The highest BCUT2D eigenvalue weighted by atomic mass is 35.5. The summed E-state index contributed by atoms with van der Waals surface area (Å²) >= 11 is 11.7. The van der Waals surface area contributed by atoms with Gasteiger partial charge in [0.15, 0.2) is 0 Å². The van der Waals surface area contributed by atoms with Crippen LogP contribution in [0.2, 0.25) is 5.02 Å². The minimum atomic E-state index is 0.0887. The number of hydroxylamine groups is 2. The lowest BCUT2D eigenvalue weighted by molar-refractivity contribution is -0.0221. The van der Waals surface area contributed by atoms with E-state index in [4.69, 9.17) is 23.8 Å². The van der Waals surface area contributed by atoms with Crippen molar-refractivity contribution in [3.63, 3.8) is 0 Å². The molecule has 0 heterocycles. The monoisotopic (exact) mass is 381 g/mol. The second-order valence-corrected chi connectivity index (χ2v) is 7.00. The summed E-state index contributed by atoms with van der Waals surface area (Å²) in [6, 6.07) is 27.9. The molecule has 0 aliphatic heterocycles. The molecule has 0 aromatic heterocycles. The van der Waals surface area contributed by atoms with Crippen LogP contribution < -0.4 is 0 Å². The number of hydrogen-bond acceptors (Lipinski definition) is 2. The van der Waals surface area contributed by atoms with Crippen molar-refractivity contribution in [1.29, 1.82) is 0 Å². The van der Waals surface area contributed by atoms with Crippen LogP contribution in [-0.2, 0) is 6.54 Å². The van der Waals surface area contributed by atoms with Crippen LogP contribution in [0.3, 0.4) is 0 Å². The van der Waals surface area contributed by atoms with Crippen LogP contribution in [0, 0.1) is 0 Å². The van der Waals surface area contributed by atoms with Crippen LogP contribution >= 0.6 is 23.8 Å². The quantitative estimate of drug-likeness (QED) is 0.413. The Morgan fingerprint density at radius 2 is 1.35 bits per heavy atom. The maximum absolute atomic E-state index is 10.5. The average molecular weight is 382 g/mol. The van der Waals surface area contributed by atoms with E-state index in [1.165, 1.54) is 11.1 Å². The van der Waals surface area contributed by atoms with Gasteiger partial charge in [-0.2, -0.15) is 0 Å². The lowest BCUT2D eigenvalue weighted by Crippen LogP contribution is -2.27. The van der Waals surface area contributed by atoms with E-state index >= 15 is 0 Å². The van der Waals surface area contributed by atoms with Crippen LogP contribution in [0.25, 0.3) is 0 Å². The Hall–Kier alpha value is -2.20. The molecule has 0 unspecified atom stereocenters. The number of hydrogen-bond donors (Lipinski definition) is 1. The Morgan fingerprint density at radius 1 is 0.846 bits per heavy atom. The van der Waals surface area contributed by atoms with E-state index in [1.54, 1.807) is 0 Å². The third-order valence-electron chi connectivity index (χ3n) is 4.35. The molecule has 132 valence electrons. The molecule has 0 radical (unpaired) electrons. The topological polar surface area (TPSA) is 23.5 Å². The number of benzene rings is 3. The minimum Gasteiger partial charge on any atom is -0.288 e. The van der Waals surface area contributed by atoms with Gasteiger partial charge in [0.25, 0.3) is 0 Å². The van der Waals surface area contributed by atoms with Crippen LogP contribution in [0.5, 0.6) is 0 Å². The summed E-state index contributed by atoms with van der Waals surface area (Å²) in [6.45, 7) is 0.273. The van der Waals surface area contributed by atoms with Gasteiger partial charge in [-0.25, -0.2) is 5.06 Å². The molecular formula is C22H20ClNOS. The highest BCUT2D eigenvalue weighted by Gasteiger charge is 2.19. The van der Waals surface area contributed by atoms with Gasteiger partial charge in [0.05, 0.1) is 6.54 Å². The van der Waals surface area contributed by atoms with E-state index < -0.39 is 0 Å². The predicted octanol–water partition coefficient (Wildman–Crippen LogP) is 6.08. The first-order chi connectivity index (χ1) is 12.6. The molecule has 3 aromatic carbocycles. The largest absolute Gasteiger partial charge is 0.288 e. The van der Waals surface area contributed by atoms with Crippen LogP contribution in [0.4, 0.5) is 0 Å². The Bertz CT molecular complexity index is 815. The van der Waals surface area contributed by atoms with Gasteiger partial charge in [-0.15, -0.1) is 0 Å². The summed E-state index contributed by atoms with van der Waals surface area (Å²) in [6.07, 6.45) is 0.546. The van der Waals surface area contributed by atoms with Gasteiger partial charge in [-0.3, -0.25) is 5.21 Å². The molecule has 0 bridgehead atoms. The molecule has 0 saturated carbocycles. The first-order valence-corrected chi connectivity index (χ1v) is 9.26. The Balaban J connectivity index is 1.78. The Labute approximate surface area is 164 Å². The zero-order valence-electron chi connectivity index (χ0n) is 14.3. The molecule has 4 heteroatoms. The van der Waals surface area contributed by atoms with Gasteiger partial charge < -0.3 is 0 Å². The first kappa shape index (κ1) is 18.6. The zero-order chi connectivity index (χ0) is 18.4. The zero-order valence-corrected chi connectivity index (χ0v) is 15.8.